The maximum Gasteiger partial charge on any atom is 0.231 e. The van der Waals surface area contributed by atoms with Crippen LogP contribution in [0.1, 0.15) is 66.4 Å². The second-order valence-electron chi connectivity index (χ2n) is 10.9. The molecule has 0 aromatic heterocycles. The molecule has 0 radical (unpaired) electrons. The summed E-state index contributed by atoms with van der Waals surface area (Å²) in [6, 6.07) is 24.5. The van der Waals surface area contributed by atoms with Gasteiger partial charge in [-0.2, -0.15) is 5.10 Å². The lowest BCUT2D eigenvalue weighted by atomic mass is 9.84. The Kier molecular flexibility index (Phi) is 4.81. The van der Waals surface area contributed by atoms with Crippen LogP contribution in [0.4, 0.5) is 0 Å². The van der Waals surface area contributed by atoms with Gasteiger partial charge in [-0.1, -0.05) is 42.5 Å². The smallest absolute Gasteiger partial charge is 0.231 e. The Morgan fingerprint density at radius 3 is 2.54 bits per heavy atom. The second kappa shape index (κ2) is 8.25. The van der Waals surface area contributed by atoms with Gasteiger partial charge in [0.25, 0.3) is 0 Å². The number of benzene rings is 3. The number of piperidine rings is 1. The van der Waals surface area contributed by atoms with Gasteiger partial charge in [-0.15, -0.1) is 0 Å². The molecule has 1 fully saturated rings. The number of fused-ring (bicyclic) bond motifs is 6. The topological polar surface area (TPSA) is 46.5 Å². The molecule has 3 aromatic rings. The minimum absolute atomic E-state index is 0.187. The average molecular weight is 494 g/mol. The van der Waals surface area contributed by atoms with Crippen molar-refractivity contribution in [3.8, 4) is 17.2 Å². The predicted molar refractivity (Wildman–Crippen MR) is 141 cm³/mol. The van der Waals surface area contributed by atoms with Gasteiger partial charge in [-0.3, -0.25) is 4.90 Å². The van der Waals surface area contributed by atoms with Crippen LogP contribution >= 0.6 is 0 Å². The van der Waals surface area contributed by atoms with Crippen LogP contribution in [-0.2, 0) is 6.42 Å². The fraction of sp³-hybridized carbons (Fsp3) is 0.387. The number of hydrogen-bond donors (Lipinski definition) is 0. The second-order valence-corrected chi connectivity index (χ2v) is 10.9. The molecule has 1 spiro atoms. The van der Waals surface area contributed by atoms with E-state index in [1.807, 2.05) is 6.07 Å². The molecular weight excluding hydrogens is 462 g/mol. The highest BCUT2D eigenvalue weighted by molar-refractivity contribution is 6.02. The highest BCUT2D eigenvalue weighted by atomic mass is 16.7. The molecule has 5 aliphatic rings. The van der Waals surface area contributed by atoms with E-state index in [-0.39, 0.29) is 12.8 Å². The van der Waals surface area contributed by atoms with Gasteiger partial charge in [-0.05, 0) is 54.7 Å². The third kappa shape index (κ3) is 3.38. The number of para-hydroxylation sites is 1. The molecular formula is C31H31N3O3. The van der Waals surface area contributed by atoms with Crippen molar-refractivity contribution in [1.29, 1.82) is 0 Å². The van der Waals surface area contributed by atoms with Gasteiger partial charge in [0.15, 0.2) is 11.5 Å². The number of ether oxygens (including phenoxy) is 3. The molecule has 2 atom stereocenters. The van der Waals surface area contributed by atoms with E-state index >= 15 is 0 Å². The van der Waals surface area contributed by atoms with Crippen molar-refractivity contribution in [3.63, 3.8) is 0 Å². The first-order chi connectivity index (χ1) is 18.3. The van der Waals surface area contributed by atoms with E-state index in [0.717, 1.165) is 60.9 Å². The van der Waals surface area contributed by atoms with Crippen LogP contribution in [0.25, 0.3) is 0 Å². The summed E-state index contributed by atoms with van der Waals surface area (Å²) in [6.45, 7) is 2.31. The minimum Gasteiger partial charge on any atom is -0.466 e. The number of rotatable bonds is 2. The molecule has 6 heteroatoms. The Labute approximate surface area is 217 Å². The van der Waals surface area contributed by atoms with Crippen LogP contribution in [0.15, 0.2) is 71.8 Å². The van der Waals surface area contributed by atoms with Crippen molar-refractivity contribution in [2.45, 2.75) is 56.3 Å². The molecule has 0 bridgehead atoms. The summed E-state index contributed by atoms with van der Waals surface area (Å²) in [7, 11) is 0. The summed E-state index contributed by atoms with van der Waals surface area (Å²) in [6.07, 6.45) is 6.46. The molecule has 0 amide bonds. The third-order valence-electron chi connectivity index (χ3n) is 8.97. The monoisotopic (exact) mass is 493 g/mol. The number of likely N-dealkylation sites (tertiary alicyclic amines) is 1. The van der Waals surface area contributed by atoms with Gasteiger partial charge in [0, 0.05) is 49.5 Å². The van der Waals surface area contributed by atoms with Gasteiger partial charge < -0.3 is 14.2 Å². The van der Waals surface area contributed by atoms with Crippen molar-refractivity contribution < 1.29 is 14.2 Å². The highest BCUT2D eigenvalue weighted by Crippen LogP contribution is 2.51. The normalized spacial score (nSPS) is 25.2. The first-order valence-corrected chi connectivity index (χ1v) is 13.6. The molecule has 37 heavy (non-hydrogen) atoms. The predicted octanol–water partition coefficient (Wildman–Crippen LogP) is 5.83. The zero-order valence-corrected chi connectivity index (χ0v) is 20.9. The number of nitrogens with zero attached hydrogens (tertiary/aromatic N) is 3. The third-order valence-corrected chi connectivity index (χ3v) is 8.97. The molecule has 0 N–H and O–H groups in total. The standard InChI is InChI=1S/C31H31N3O3/c1-2-8-23-21(6-1)7-5-10-26(23)33-16-14-31(15-17-33)34-27(24-9-3-4-11-28(24)37-31)19-25(32-34)22-12-13-29-30(18-22)36-20-35-29/h1-4,6,8-9,11-13,18,26-27H,5,7,10,14-17,19-20H2/t26-,27-/m1/s1. The summed E-state index contributed by atoms with van der Waals surface area (Å²) in [5.41, 5.74) is 6.06. The molecule has 4 aliphatic heterocycles. The summed E-state index contributed by atoms with van der Waals surface area (Å²) < 4.78 is 18.1. The van der Waals surface area contributed by atoms with Crippen LogP contribution in [0.5, 0.6) is 17.2 Å². The average Bonchev–Trinajstić information content (AvgIpc) is 3.61. The molecule has 4 heterocycles. The Hall–Kier alpha value is -3.51. The Morgan fingerprint density at radius 2 is 1.62 bits per heavy atom. The molecule has 3 aromatic carbocycles. The fourth-order valence-electron chi connectivity index (χ4n) is 7.10. The largest absolute Gasteiger partial charge is 0.466 e. The van der Waals surface area contributed by atoms with Crippen LogP contribution in [0.2, 0.25) is 0 Å². The SMILES string of the molecule is c1ccc2c(c1)CCC[C@H]2N1CCC2(CC1)Oc1ccccc1[C@H]1CC(c3ccc4c(c3)OCO4)=NN12. The quantitative estimate of drug-likeness (QED) is 0.450. The number of hydrazone groups is 1. The van der Waals surface area contributed by atoms with Crippen molar-refractivity contribution in [3.05, 3.63) is 89.0 Å². The van der Waals surface area contributed by atoms with E-state index in [1.165, 1.54) is 36.0 Å². The first kappa shape index (κ1) is 21.6. The lowest BCUT2D eigenvalue weighted by Gasteiger charge is -2.52. The van der Waals surface area contributed by atoms with E-state index in [1.54, 1.807) is 0 Å². The summed E-state index contributed by atoms with van der Waals surface area (Å²) in [5, 5.41) is 7.57. The minimum atomic E-state index is -0.415. The molecule has 6 nitrogen and oxygen atoms in total. The summed E-state index contributed by atoms with van der Waals surface area (Å²) in [5.74, 6) is 2.63. The van der Waals surface area contributed by atoms with Gasteiger partial charge in [-0.25, -0.2) is 5.01 Å². The van der Waals surface area contributed by atoms with Crippen LogP contribution in [-0.4, -0.2) is 41.2 Å². The van der Waals surface area contributed by atoms with Crippen LogP contribution in [0, 0.1) is 0 Å². The van der Waals surface area contributed by atoms with E-state index in [9.17, 15) is 0 Å². The molecule has 0 unspecified atom stereocenters. The van der Waals surface area contributed by atoms with E-state index in [4.69, 9.17) is 19.3 Å². The summed E-state index contributed by atoms with van der Waals surface area (Å²) in [4.78, 5) is 2.70. The van der Waals surface area contributed by atoms with E-state index in [0.29, 0.717) is 6.04 Å². The van der Waals surface area contributed by atoms with Gasteiger partial charge in [0.1, 0.15) is 5.75 Å². The van der Waals surface area contributed by atoms with Crippen LogP contribution < -0.4 is 14.2 Å². The maximum atomic E-state index is 6.89. The molecule has 188 valence electrons. The van der Waals surface area contributed by atoms with Crippen molar-refractivity contribution in [2.75, 3.05) is 19.9 Å². The van der Waals surface area contributed by atoms with Crippen molar-refractivity contribution >= 4 is 5.71 Å². The van der Waals surface area contributed by atoms with Gasteiger partial charge in [0.2, 0.25) is 12.5 Å². The lowest BCUT2D eigenvalue weighted by molar-refractivity contribution is -0.153. The molecule has 1 saturated heterocycles. The molecule has 1 aliphatic carbocycles. The van der Waals surface area contributed by atoms with E-state index < -0.39 is 5.72 Å². The first-order valence-electron chi connectivity index (χ1n) is 13.6. The number of aryl methyl sites for hydroxylation is 1. The maximum absolute atomic E-state index is 6.89. The Balaban J connectivity index is 1.11. The highest BCUT2D eigenvalue weighted by Gasteiger charge is 2.52. The van der Waals surface area contributed by atoms with Crippen LogP contribution in [0.3, 0.4) is 0 Å². The number of hydrogen-bond acceptors (Lipinski definition) is 6. The summed E-state index contributed by atoms with van der Waals surface area (Å²) >= 11 is 0. The Bertz CT molecular complexity index is 1390. The Morgan fingerprint density at radius 1 is 0.811 bits per heavy atom. The lowest BCUT2D eigenvalue weighted by Crippen LogP contribution is -2.59. The van der Waals surface area contributed by atoms with Crippen molar-refractivity contribution in [1.82, 2.24) is 9.91 Å². The van der Waals surface area contributed by atoms with Gasteiger partial charge in [0.05, 0.1) is 11.8 Å². The zero-order chi connectivity index (χ0) is 24.4. The van der Waals surface area contributed by atoms with Crippen molar-refractivity contribution in [2.24, 2.45) is 5.10 Å². The zero-order valence-electron chi connectivity index (χ0n) is 20.9. The van der Waals surface area contributed by atoms with Gasteiger partial charge >= 0.3 is 0 Å². The molecule has 8 rings (SSSR count). The fourth-order valence-corrected chi connectivity index (χ4v) is 7.10. The molecule has 0 saturated carbocycles. The van der Waals surface area contributed by atoms with E-state index in [2.05, 4.69) is 70.6 Å².